The van der Waals surface area contributed by atoms with Gasteiger partial charge in [0.05, 0.1) is 11.5 Å². The van der Waals surface area contributed by atoms with Gasteiger partial charge in [0, 0.05) is 22.6 Å². The number of carbonyl (C=O) groups is 1. The van der Waals surface area contributed by atoms with Gasteiger partial charge in [-0.15, -0.1) is 0 Å². The Balaban J connectivity index is 1.88. The fourth-order valence-corrected chi connectivity index (χ4v) is 4.65. The molecule has 0 saturated heterocycles. The summed E-state index contributed by atoms with van der Waals surface area (Å²) in [6.07, 6.45) is 0.461. The summed E-state index contributed by atoms with van der Waals surface area (Å²) in [7, 11) is -3.76. The van der Waals surface area contributed by atoms with Gasteiger partial charge in [-0.3, -0.25) is 4.79 Å². The number of primary amides is 1. The van der Waals surface area contributed by atoms with E-state index >= 15 is 0 Å². The number of carbonyl (C=O) groups excluding carboxylic acids is 1. The molecule has 2 aromatic carbocycles. The number of sulfone groups is 1. The van der Waals surface area contributed by atoms with Crippen molar-refractivity contribution in [3.05, 3.63) is 53.1 Å². The Morgan fingerprint density at radius 3 is 2.63 bits per heavy atom. The molecule has 0 spiro atoms. The van der Waals surface area contributed by atoms with Crippen LogP contribution in [0.2, 0.25) is 5.02 Å². The van der Waals surface area contributed by atoms with Crippen LogP contribution in [0.5, 0.6) is 11.5 Å². The van der Waals surface area contributed by atoms with E-state index < -0.39 is 27.0 Å². The zero-order chi connectivity index (χ0) is 19.6. The number of rotatable bonds is 6. The lowest BCUT2D eigenvalue weighted by Crippen LogP contribution is -2.39. The highest BCUT2D eigenvalue weighted by molar-refractivity contribution is 7.92. The molecule has 7 nitrogen and oxygen atoms in total. The maximum atomic E-state index is 12.9. The van der Waals surface area contributed by atoms with Crippen LogP contribution in [-0.2, 0) is 14.6 Å². The van der Waals surface area contributed by atoms with Crippen LogP contribution in [0.3, 0.4) is 0 Å². The average molecular weight is 411 g/mol. The molecule has 2 aromatic rings. The molecule has 0 radical (unpaired) electrons. The van der Waals surface area contributed by atoms with E-state index in [9.17, 15) is 13.2 Å². The minimum Gasteiger partial charge on any atom is -0.493 e. The van der Waals surface area contributed by atoms with Crippen LogP contribution in [0.15, 0.2) is 47.4 Å². The smallest absolute Gasteiger partial charge is 0.255 e. The van der Waals surface area contributed by atoms with E-state index in [2.05, 4.69) is 0 Å². The summed E-state index contributed by atoms with van der Waals surface area (Å²) in [4.78, 5) is 11.0. The van der Waals surface area contributed by atoms with Crippen molar-refractivity contribution in [2.24, 2.45) is 11.5 Å². The molecular formula is C18H19ClN2O5S. The van der Waals surface area contributed by atoms with Crippen molar-refractivity contribution in [2.75, 3.05) is 13.2 Å². The van der Waals surface area contributed by atoms with Gasteiger partial charge in [0.15, 0.2) is 16.4 Å². The molecule has 2 unspecified atom stereocenters. The molecule has 27 heavy (non-hydrogen) atoms. The van der Waals surface area contributed by atoms with Gasteiger partial charge in [0.2, 0.25) is 0 Å². The van der Waals surface area contributed by atoms with E-state index in [1.807, 2.05) is 0 Å². The SMILES string of the molecule is NC(=O)COc1ccc2c(c1)OCCC2C(N)S(=O)(=O)c1ccc(Cl)cc1. The van der Waals surface area contributed by atoms with E-state index in [4.69, 9.17) is 32.5 Å². The van der Waals surface area contributed by atoms with Crippen LogP contribution in [0.1, 0.15) is 17.9 Å². The first-order valence-corrected chi connectivity index (χ1v) is 10.1. The van der Waals surface area contributed by atoms with E-state index in [0.717, 1.165) is 0 Å². The van der Waals surface area contributed by atoms with Crippen LogP contribution in [0, 0.1) is 0 Å². The second-order valence-corrected chi connectivity index (χ2v) is 8.70. The van der Waals surface area contributed by atoms with Gasteiger partial charge in [-0.1, -0.05) is 17.7 Å². The number of hydrogen-bond donors (Lipinski definition) is 2. The van der Waals surface area contributed by atoms with Gasteiger partial charge >= 0.3 is 0 Å². The van der Waals surface area contributed by atoms with Crippen LogP contribution < -0.4 is 20.9 Å². The second-order valence-electron chi connectivity index (χ2n) is 6.16. The summed E-state index contributed by atoms with van der Waals surface area (Å²) < 4.78 is 36.7. The highest BCUT2D eigenvalue weighted by Crippen LogP contribution is 2.39. The molecular weight excluding hydrogens is 392 g/mol. The number of amides is 1. The molecule has 0 bridgehead atoms. The number of halogens is 1. The van der Waals surface area contributed by atoms with E-state index in [1.54, 1.807) is 18.2 Å². The van der Waals surface area contributed by atoms with E-state index in [0.29, 0.717) is 35.1 Å². The third kappa shape index (κ3) is 4.18. The molecule has 1 aliphatic rings. The predicted octanol–water partition coefficient (Wildman–Crippen LogP) is 1.83. The lowest BCUT2D eigenvalue weighted by atomic mass is 9.93. The molecule has 0 fully saturated rings. The van der Waals surface area contributed by atoms with Crippen molar-refractivity contribution in [1.29, 1.82) is 0 Å². The zero-order valence-corrected chi connectivity index (χ0v) is 15.9. The molecule has 3 rings (SSSR count). The van der Waals surface area contributed by atoms with E-state index in [-0.39, 0.29) is 11.5 Å². The van der Waals surface area contributed by atoms with Gasteiger partial charge in [-0.2, -0.15) is 0 Å². The first kappa shape index (κ1) is 19.5. The molecule has 0 aliphatic carbocycles. The fraction of sp³-hybridized carbons (Fsp3) is 0.278. The Hall–Kier alpha value is -2.29. The minimum atomic E-state index is -3.76. The normalized spacial score (nSPS) is 17.5. The van der Waals surface area contributed by atoms with Crippen LogP contribution in [-0.4, -0.2) is 32.9 Å². The standard InChI is InChI=1S/C18H19ClN2O5S/c19-11-1-4-13(5-2-11)27(23,24)18(21)15-7-8-25-16-9-12(3-6-14(15)16)26-10-17(20)22/h1-6,9,15,18H,7-8,10,21H2,(H2,20,22). The molecule has 1 heterocycles. The number of hydrogen-bond acceptors (Lipinski definition) is 6. The van der Waals surface area contributed by atoms with Crippen molar-refractivity contribution in [3.8, 4) is 11.5 Å². The highest BCUT2D eigenvalue weighted by atomic mass is 35.5. The number of ether oxygens (including phenoxy) is 2. The van der Waals surface area contributed by atoms with E-state index in [1.165, 1.54) is 24.3 Å². The van der Waals surface area contributed by atoms with Gasteiger partial charge in [0.25, 0.3) is 5.91 Å². The van der Waals surface area contributed by atoms with Crippen LogP contribution in [0.4, 0.5) is 0 Å². The molecule has 0 aromatic heterocycles. The van der Waals surface area contributed by atoms with Gasteiger partial charge in [0.1, 0.15) is 16.9 Å². The molecule has 144 valence electrons. The molecule has 1 aliphatic heterocycles. The van der Waals surface area contributed by atoms with Gasteiger partial charge in [-0.25, -0.2) is 8.42 Å². The number of benzene rings is 2. The zero-order valence-electron chi connectivity index (χ0n) is 14.3. The highest BCUT2D eigenvalue weighted by Gasteiger charge is 2.36. The fourth-order valence-electron chi connectivity index (χ4n) is 2.98. The predicted molar refractivity (Wildman–Crippen MR) is 101 cm³/mol. The lowest BCUT2D eigenvalue weighted by molar-refractivity contribution is -0.119. The summed E-state index contributed by atoms with van der Waals surface area (Å²) in [6.45, 7) is 0.0629. The maximum Gasteiger partial charge on any atom is 0.255 e. The Bertz CT molecular complexity index is 947. The third-order valence-electron chi connectivity index (χ3n) is 4.35. The number of nitrogens with two attached hydrogens (primary N) is 2. The summed E-state index contributed by atoms with van der Waals surface area (Å²) >= 11 is 5.83. The first-order chi connectivity index (χ1) is 12.8. The molecule has 2 atom stereocenters. The van der Waals surface area contributed by atoms with Crippen LogP contribution >= 0.6 is 11.6 Å². The number of fused-ring (bicyclic) bond motifs is 1. The summed E-state index contributed by atoms with van der Waals surface area (Å²) in [5.41, 5.74) is 11.9. The lowest BCUT2D eigenvalue weighted by Gasteiger charge is -2.30. The summed E-state index contributed by atoms with van der Waals surface area (Å²) in [5, 5.41) is -0.693. The topological polar surface area (TPSA) is 122 Å². The molecule has 9 heteroatoms. The van der Waals surface area contributed by atoms with Crippen LogP contribution in [0.25, 0.3) is 0 Å². The van der Waals surface area contributed by atoms with Crippen molar-refractivity contribution in [2.45, 2.75) is 22.6 Å². The van der Waals surface area contributed by atoms with Gasteiger partial charge in [-0.05, 0) is 36.8 Å². The Labute approximate surface area is 162 Å². The second kappa shape index (κ2) is 7.75. The summed E-state index contributed by atoms with van der Waals surface area (Å²) in [6, 6.07) is 10.9. The van der Waals surface area contributed by atoms with Gasteiger partial charge < -0.3 is 20.9 Å². The Kier molecular flexibility index (Phi) is 5.59. The monoisotopic (exact) mass is 410 g/mol. The first-order valence-electron chi connectivity index (χ1n) is 8.22. The molecule has 4 N–H and O–H groups in total. The van der Waals surface area contributed by atoms with Crippen molar-refractivity contribution in [1.82, 2.24) is 0 Å². The third-order valence-corrected chi connectivity index (χ3v) is 6.58. The Morgan fingerprint density at radius 1 is 1.26 bits per heavy atom. The maximum absolute atomic E-state index is 12.9. The quantitative estimate of drug-likeness (QED) is 0.749. The molecule has 1 amide bonds. The average Bonchev–Trinajstić information content (AvgIpc) is 2.65. The molecule has 0 saturated carbocycles. The largest absolute Gasteiger partial charge is 0.493 e. The Morgan fingerprint density at radius 2 is 1.96 bits per heavy atom. The van der Waals surface area contributed by atoms with Crippen molar-refractivity contribution in [3.63, 3.8) is 0 Å². The van der Waals surface area contributed by atoms with Crippen molar-refractivity contribution < 1.29 is 22.7 Å². The summed E-state index contributed by atoms with van der Waals surface area (Å²) in [5.74, 6) is -0.153. The van der Waals surface area contributed by atoms with Crippen molar-refractivity contribution >= 4 is 27.3 Å². The minimum absolute atomic E-state index is 0.119.